The van der Waals surface area contributed by atoms with Crippen molar-refractivity contribution in [2.45, 2.75) is 60.3 Å². The van der Waals surface area contributed by atoms with Gasteiger partial charge in [0, 0.05) is 5.56 Å². The van der Waals surface area contributed by atoms with E-state index < -0.39 is 17.0 Å². The van der Waals surface area contributed by atoms with Gasteiger partial charge in [-0.05, 0) is 42.0 Å². The summed E-state index contributed by atoms with van der Waals surface area (Å²) < 4.78 is 27.7. The summed E-state index contributed by atoms with van der Waals surface area (Å²) in [5, 5.41) is 0. The predicted molar refractivity (Wildman–Crippen MR) is 89.6 cm³/mol. The number of hydrogen-bond acceptors (Lipinski definition) is 0. The molecule has 0 fully saturated rings. The molecule has 1 rings (SSSR count). The fourth-order valence-corrected chi connectivity index (χ4v) is 2.15. The second-order valence-electron chi connectivity index (χ2n) is 6.22. The highest BCUT2D eigenvalue weighted by Gasteiger charge is 2.26. The van der Waals surface area contributed by atoms with Crippen LogP contribution in [0.4, 0.5) is 8.78 Å². The van der Waals surface area contributed by atoms with Crippen LogP contribution in [0.3, 0.4) is 0 Å². The summed E-state index contributed by atoms with van der Waals surface area (Å²) >= 11 is 0. The first-order chi connectivity index (χ1) is 9.61. The van der Waals surface area contributed by atoms with Crippen molar-refractivity contribution in [2.24, 2.45) is 0 Å². The molecule has 0 amide bonds. The van der Waals surface area contributed by atoms with Gasteiger partial charge in [-0.1, -0.05) is 59.8 Å². The maximum atomic E-state index is 14.1. The zero-order chi connectivity index (χ0) is 16.8. The molecule has 0 N–H and O–H groups in total. The van der Waals surface area contributed by atoms with Crippen LogP contribution >= 0.6 is 0 Å². The lowest BCUT2D eigenvalue weighted by molar-refractivity contribution is 0.463. The van der Waals surface area contributed by atoms with E-state index >= 15 is 0 Å². The minimum absolute atomic E-state index is 0.392. The molecule has 2 heteroatoms. The third kappa shape index (κ3) is 5.11. The molecule has 0 saturated heterocycles. The third-order valence-electron chi connectivity index (χ3n) is 2.86. The Morgan fingerprint density at radius 2 is 1.71 bits per heavy atom. The van der Waals surface area contributed by atoms with Crippen LogP contribution in [-0.4, -0.2) is 0 Å². The SMILES string of the molecule is C=C(/C=C\C)c1c(C)cc(F)c(F)c1C(C)(C)C.CCC. The van der Waals surface area contributed by atoms with Crippen molar-refractivity contribution < 1.29 is 8.78 Å². The maximum Gasteiger partial charge on any atom is 0.163 e. The Hall–Kier alpha value is -1.44. The molecule has 118 valence electrons. The topological polar surface area (TPSA) is 0 Å². The van der Waals surface area contributed by atoms with E-state index in [2.05, 4.69) is 20.4 Å². The molecule has 0 spiro atoms. The van der Waals surface area contributed by atoms with Gasteiger partial charge in [0.05, 0.1) is 0 Å². The Morgan fingerprint density at radius 1 is 1.24 bits per heavy atom. The molecular weight excluding hydrogens is 266 g/mol. The molecular formula is C19H28F2. The monoisotopic (exact) mass is 294 g/mol. The highest BCUT2D eigenvalue weighted by molar-refractivity contribution is 5.77. The van der Waals surface area contributed by atoms with Crippen LogP contribution in [0.5, 0.6) is 0 Å². The average Bonchev–Trinajstić information content (AvgIpc) is 2.33. The Labute approximate surface area is 128 Å². The van der Waals surface area contributed by atoms with E-state index in [0.29, 0.717) is 22.3 Å². The Bertz CT molecular complexity index is 517. The molecule has 1 aromatic rings. The molecule has 0 radical (unpaired) electrons. The molecule has 0 aliphatic heterocycles. The van der Waals surface area contributed by atoms with Gasteiger partial charge < -0.3 is 0 Å². The summed E-state index contributed by atoms with van der Waals surface area (Å²) in [6.45, 7) is 17.5. The molecule has 0 unspecified atom stereocenters. The van der Waals surface area contributed by atoms with Gasteiger partial charge in [-0.2, -0.15) is 0 Å². The van der Waals surface area contributed by atoms with Crippen LogP contribution in [0.15, 0.2) is 24.8 Å². The van der Waals surface area contributed by atoms with E-state index in [0.717, 1.165) is 0 Å². The Morgan fingerprint density at radius 3 is 2.10 bits per heavy atom. The first-order valence-electron chi connectivity index (χ1n) is 7.42. The zero-order valence-corrected chi connectivity index (χ0v) is 14.4. The van der Waals surface area contributed by atoms with Crippen molar-refractivity contribution in [2.75, 3.05) is 0 Å². The minimum atomic E-state index is -0.797. The smallest absolute Gasteiger partial charge is 0.163 e. The van der Waals surface area contributed by atoms with Gasteiger partial charge in [-0.25, -0.2) is 8.78 Å². The number of rotatable bonds is 2. The van der Waals surface area contributed by atoms with Crippen molar-refractivity contribution in [1.82, 2.24) is 0 Å². The molecule has 0 nitrogen and oxygen atoms in total. The van der Waals surface area contributed by atoms with Crippen molar-refractivity contribution in [1.29, 1.82) is 0 Å². The van der Waals surface area contributed by atoms with Gasteiger partial charge in [-0.3, -0.25) is 0 Å². The Balaban J connectivity index is 0.00000122. The van der Waals surface area contributed by atoms with Gasteiger partial charge in [-0.15, -0.1) is 0 Å². The minimum Gasteiger partial charge on any atom is -0.204 e. The third-order valence-corrected chi connectivity index (χ3v) is 2.86. The lowest BCUT2D eigenvalue weighted by Crippen LogP contribution is -2.18. The van der Waals surface area contributed by atoms with Gasteiger partial charge in [0.2, 0.25) is 0 Å². The second-order valence-corrected chi connectivity index (χ2v) is 6.22. The highest BCUT2D eigenvalue weighted by atomic mass is 19.2. The summed E-state index contributed by atoms with van der Waals surface area (Å²) in [4.78, 5) is 0. The fourth-order valence-electron chi connectivity index (χ4n) is 2.15. The first kappa shape index (κ1) is 19.6. The summed E-state index contributed by atoms with van der Waals surface area (Å²) in [6.07, 6.45) is 4.91. The normalized spacial score (nSPS) is 11.3. The van der Waals surface area contributed by atoms with Crippen LogP contribution in [0.1, 0.15) is 64.7 Å². The molecule has 0 aliphatic carbocycles. The highest BCUT2D eigenvalue weighted by Crippen LogP contribution is 2.35. The molecule has 0 aliphatic rings. The van der Waals surface area contributed by atoms with Gasteiger partial charge in [0.15, 0.2) is 11.6 Å². The van der Waals surface area contributed by atoms with E-state index in [9.17, 15) is 8.78 Å². The van der Waals surface area contributed by atoms with E-state index in [1.165, 1.54) is 12.5 Å². The molecule has 0 atom stereocenters. The van der Waals surface area contributed by atoms with E-state index in [1.807, 2.05) is 39.8 Å². The van der Waals surface area contributed by atoms with Crippen LogP contribution in [0.2, 0.25) is 0 Å². The lowest BCUT2D eigenvalue weighted by atomic mass is 9.79. The van der Waals surface area contributed by atoms with E-state index in [4.69, 9.17) is 0 Å². The van der Waals surface area contributed by atoms with Crippen LogP contribution in [-0.2, 0) is 5.41 Å². The second kappa shape index (κ2) is 8.11. The van der Waals surface area contributed by atoms with Crippen LogP contribution < -0.4 is 0 Å². The van der Waals surface area contributed by atoms with Crippen molar-refractivity contribution >= 4 is 5.57 Å². The summed E-state index contributed by atoms with van der Waals surface area (Å²) in [5.74, 6) is -1.57. The number of allylic oxidation sites excluding steroid dienone is 3. The van der Waals surface area contributed by atoms with Gasteiger partial charge >= 0.3 is 0 Å². The van der Waals surface area contributed by atoms with Crippen LogP contribution in [0, 0.1) is 18.6 Å². The maximum absolute atomic E-state index is 14.1. The van der Waals surface area contributed by atoms with Gasteiger partial charge in [0.1, 0.15) is 0 Å². The van der Waals surface area contributed by atoms with E-state index in [1.54, 1.807) is 6.92 Å². The zero-order valence-electron chi connectivity index (χ0n) is 14.4. The first-order valence-corrected chi connectivity index (χ1v) is 7.42. The van der Waals surface area contributed by atoms with Crippen LogP contribution in [0.25, 0.3) is 5.57 Å². The molecule has 21 heavy (non-hydrogen) atoms. The average molecular weight is 294 g/mol. The van der Waals surface area contributed by atoms with E-state index in [-0.39, 0.29) is 0 Å². The van der Waals surface area contributed by atoms with Crippen molar-refractivity contribution in [3.05, 3.63) is 53.1 Å². The largest absolute Gasteiger partial charge is 0.204 e. The fraction of sp³-hybridized carbons (Fsp3) is 0.474. The number of aryl methyl sites for hydroxylation is 1. The molecule has 0 aromatic heterocycles. The predicted octanol–water partition coefficient (Wildman–Crippen LogP) is 6.58. The number of halogens is 2. The summed E-state index contributed by atoms with van der Waals surface area (Å²) in [7, 11) is 0. The molecule has 1 aromatic carbocycles. The van der Waals surface area contributed by atoms with Crippen molar-refractivity contribution in [3.8, 4) is 0 Å². The summed E-state index contributed by atoms with van der Waals surface area (Å²) in [6, 6.07) is 1.23. The molecule has 0 heterocycles. The standard InChI is InChI=1S/C16H20F2.C3H8/c1-7-8-10(2)13-11(3)9-12(17)15(18)14(13)16(4,5)6;1-3-2/h7-9H,2H2,1,3-6H3;3H2,1-2H3/b8-7-;. The number of benzene rings is 1. The quantitative estimate of drug-likeness (QED) is 0.541. The Kier molecular flexibility index (Phi) is 7.56. The molecule has 0 saturated carbocycles. The lowest BCUT2D eigenvalue weighted by Gasteiger charge is -2.25. The van der Waals surface area contributed by atoms with Crippen molar-refractivity contribution in [3.63, 3.8) is 0 Å². The summed E-state index contributed by atoms with van der Waals surface area (Å²) in [5.41, 5.74) is 2.04. The molecule has 0 bridgehead atoms. The van der Waals surface area contributed by atoms with Gasteiger partial charge in [0.25, 0.3) is 0 Å². The number of hydrogen-bond donors (Lipinski definition) is 0.